The predicted molar refractivity (Wildman–Crippen MR) is 40.9 cm³/mol. The van der Waals surface area contributed by atoms with Gasteiger partial charge in [-0.1, -0.05) is 23.2 Å². The second-order valence-corrected chi connectivity index (χ2v) is 2.40. The highest BCUT2D eigenvalue weighted by Gasteiger charge is 1.89. The van der Waals surface area contributed by atoms with Crippen LogP contribution in [0.2, 0.25) is 0 Å². The average Bonchev–Trinajstić information content (AvgIpc) is 1.63. The van der Waals surface area contributed by atoms with Gasteiger partial charge in [0.05, 0.1) is 5.16 Å². The molecule has 0 spiro atoms. The predicted octanol–water partition coefficient (Wildman–Crippen LogP) is 1.45. The van der Waals surface area contributed by atoms with E-state index in [-0.39, 0.29) is 10.3 Å². The first kappa shape index (κ1) is 8.66. The van der Waals surface area contributed by atoms with E-state index >= 15 is 0 Å². The Morgan fingerprint density at radius 3 is 1.89 bits per heavy atom. The molecule has 0 aliphatic carbocycles. The van der Waals surface area contributed by atoms with Gasteiger partial charge in [-0.25, -0.2) is 0 Å². The fourth-order valence-corrected chi connectivity index (χ4v) is 0.494. The highest BCUT2D eigenvalue weighted by molar-refractivity contribution is 6.30. The van der Waals surface area contributed by atoms with Crippen LogP contribution in [-0.2, 0) is 0 Å². The summed E-state index contributed by atoms with van der Waals surface area (Å²) in [6.45, 7) is 1.72. The van der Waals surface area contributed by atoms with Crippen molar-refractivity contribution in [1.29, 1.82) is 0 Å². The van der Waals surface area contributed by atoms with E-state index in [1.54, 1.807) is 6.92 Å². The zero-order chi connectivity index (χ0) is 7.44. The molecular weight excluding hydrogens is 159 g/mol. The summed E-state index contributed by atoms with van der Waals surface area (Å²) in [5.41, 5.74) is 11.0. The van der Waals surface area contributed by atoms with Crippen LogP contribution >= 0.6 is 23.2 Å². The van der Waals surface area contributed by atoms with Crippen molar-refractivity contribution in [2.45, 2.75) is 6.92 Å². The van der Waals surface area contributed by atoms with Crippen LogP contribution in [0.3, 0.4) is 0 Å². The lowest BCUT2D eigenvalue weighted by molar-refractivity contribution is 1.37. The van der Waals surface area contributed by atoms with E-state index in [0.717, 1.165) is 0 Å². The maximum absolute atomic E-state index is 5.37. The maximum atomic E-state index is 5.37. The third-order valence-corrected chi connectivity index (χ3v) is 1.14. The Morgan fingerprint density at radius 2 is 1.78 bits per heavy atom. The van der Waals surface area contributed by atoms with Crippen molar-refractivity contribution in [2.24, 2.45) is 11.5 Å². The Bertz CT molecular complexity index is 152. The first-order chi connectivity index (χ1) is 4.04. The minimum absolute atomic E-state index is 0.177. The summed E-state index contributed by atoms with van der Waals surface area (Å²) in [5.74, 6) is 0. The van der Waals surface area contributed by atoms with Crippen LogP contribution in [0.25, 0.3) is 0 Å². The monoisotopic (exact) mass is 166 g/mol. The minimum Gasteiger partial charge on any atom is -0.389 e. The summed E-state index contributed by atoms with van der Waals surface area (Å²) in [4.78, 5) is 0. The maximum Gasteiger partial charge on any atom is 0.102 e. The summed E-state index contributed by atoms with van der Waals surface area (Å²) in [6.07, 6.45) is 1.49. The molecule has 0 unspecified atom stereocenters. The number of nitrogens with two attached hydrogens (primary N) is 2. The van der Waals surface area contributed by atoms with Gasteiger partial charge in [-0.2, -0.15) is 0 Å². The van der Waals surface area contributed by atoms with E-state index in [1.165, 1.54) is 6.08 Å². The molecule has 0 aromatic rings. The van der Waals surface area contributed by atoms with Gasteiger partial charge in [0.25, 0.3) is 0 Å². The van der Waals surface area contributed by atoms with E-state index < -0.39 is 0 Å². The Balaban J connectivity index is 4.25. The van der Waals surface area contributed by atoms with Crippen LogP contribution in [0.1, 0.15) is 6.92 Å². The van der Waals surface area contributed by atoms with Gasteiger partial charge in [0.2, 0.25) is 0 Å². The molecule has 0 fully saturated rings. The SMILES string of the molecule is CC(/C=C(\N)Cl)=C(/N)Cl. The van der Waals surface area contributed by atoms with E-state index in [0.29, 0.717) is 5.57 Å². The molecule has 0 radical (unpaired) electrons. The average molecular weight is 167 g/mol. The van der Waals surface area contributed by atoms with Crippen molar-refractivity contribution in [2.75, 3.05) is 0 Å². The van der Waals surface area contributed by atoms with Crippen molar-refractivity contribution in [3.8, 4) is 0 Å². The molecule has 0 aromatic heterocycles. The van der Waals surface area contributed by atoms with Crippen molar-refractivity contribution in [1.82, 2.24) is 0 Å². The second kappa shape index (κ2) is 3.64. The molecule has 4 N–H and O–H groups in total. The normalized spacial score (nSPS) is 15.2. The van der Waals surface area contributed by atoms with Crippen molar-refractivity contribution in [3.05, 3.63) is 22.0 Å². The van der Waals surface area contributed by atoms with Crippen LogP contribution < -0.4 is 11.5 Å². The number of hydrogen-bond acceptors (Lipinski definition) is 2. The molecule has 0 rings (SSSR count). The number of allylic oxidation sites excluding steroid dienone is 2. The summed E-state index contributed by atoms with van der Waals surface area (Å²) in [5, 5.41) is 0.384. The third kappa shape index (κ3) is 4.18. The lowest BCUT2D eigenvalue weighted by atomic mass is 10.3. The molecule has 0 atom stereocenters. The smallest absolute Gasteiger partial charge is 0.102 e. The Kier molecular flexibility index (Phi) is 3.50. The molecule has 0 aromatic carbocycles. The lowest BCUT2D eigenvalue weighted by Gasteiger charge is -1.92. The number of halogens is 2. The fourth-order valence-electron chi connectivity index (χ4n) is 0.276. The van der Waals surface area contributed by atoms with Gasteiger partial charge in [-0.05, 0) is 18.6 Å². The van der Waals surface area contributed by atoms with Crippen molar-refractivity contribution >= 4 is 23.2 Å². The van der Waals surface area contributed by atoms with Crippen LogP contribution in [0, 0.1) is 0 Å². The van der Waals surface area contributed by atoms with Gasteiger partial charge in [0.1, 0.15) is 5.16 Å². The van der Waals surface area contributed by atoms with Gasteiger partial charge >= 0.3 is 0 Å². The zero-order valence-electron chi connectivity index (χ0n) is 4.99. The Morgan fingerprint density at radius 1 is 1.33 bits per heavy atom. The van der Waals surface area contributed by atoms with E-state index in [4.69, 9.17) is 34.7 Å². The van der Waals surface area contributed by atoms with Gasteiger partial charge < -0.3 is 11.5 Å². The number of hydrogen-bond donors (Lipinski definition) is 2. The molecule has 0 saturated heterocycles. The fraction of sp³-hybridized carbons (Fsp3) is 0.200. The Hall–Kier alpha value is -0.340. The van der Waals surface area contributed by atoms with E-state index in [2.05, 4.69) is 0 Å². The molecule has 2 nitrogen and oxygen atoms in total. The van der Waals surface area contributed by atoms with Crippen LogP contribution in [0.15, 0.2) is 22.0 Å². The highest BCUT2D eigenvalue weighted by atomic mass is 35.5. The molecule has 0 saturated carbocycles. The largest absolute Gasteiger partial charge is 0.389 e. The molecule has 52 valence electrons. The van der Waals surface area contributed by atoms with Crippen LogP contribution in [0.5, 0.6) is 0 Å². The summed E-state index contributed by atoms with van der Waals surface area (Å²) in [7, 11) is 0. The lowest BCUT2D eigenvalue weighted by Crippen LogP contribution is -1.93. The molecule has 4 heteroatoms. The summed E-state index contributed by atoms with van der Waals surface area (Å²) < 4.78 is 0. The van der Waals surface area contributed by atoms with E-state index in [1.807, 2.05) is 0 Å². The van der Waals surface area contributed by atoms with Gasteiger partial charge in [0, 0.05) is 0 Å². The molecule has 0 aliphatic rings. The topological polar surface area (TPSA) is 52.0 Å². The third-order valence-electron chi connectivity index (χ3n) is 0.731. The highest BCUT2D eigenvalue weighted by Crippen LogP contribution is 2.06. The molecule has 0 heterocycles. The molecule has 0 bridgehead atoms. The second-order valence-electron chi connectivity index (χ2n) is 1.56. The first-order valence-electron chi connectivity index (χ1n) is 2.28. The van der Waals surface area contributed by atoms with Crippen LogP contribution in [0.4, 0.5) is 0 Å². The van der Waals surface area contributed by atoms with Gasteiger partial charge in [-0.15, -0.1) is 0 Å². The van der Waals surface area contributed by atoms with Crippen molar-refractivity contribution in [3.63, 3.8) is 0 Å². The van der Waals surface area contributed by atoms with Gasteiger partial charge in [0.15, 0.2) is 0 Å². The number of rotatable bonds is 1. The van der Waals surface area contributed by atoms with Crippen molar-refractivity contribution < 1.29 is 0 Å². The quantitative estimate of drug-likeness (QED) is 0.458. The van der Waals surface area contributed by atoms with E-state index in [9.17, 15) is 0 Å². The van der Waals surface area contributed by atoms with Gasteiger partial charge in [-0.3, -0.25) is 0 Å². The molecule has 0 amide bonds. The Labute approximate surface area is 64.1 Å². The molecule has 0 aliphatic heterocycles. The van der Waals surface area contributed by atoms with Crippen LogP contribution in [-0.4, -0.2) is 0 Å². The molecular formula is C5H8Cl2N2. The standard InChI is InChI=1S/C5H8Cl2N2/c1-3(5(7)9)2-4(6)8/h2H,8-9H2,1H3/b4-2-,5-3-. The summed E-state index contributed by atoms with van der Waals surface area (Å²) >= 11 is 10.7. The summed E-state index contributed by atoms with van der Waals surface area (Å²) in [6, 6.07) is 0. The first-order valence-corrected chi connectivity index (χ1v) is 3.04. The molecule has 9 heavy (non-hydrogen) atoms. The minimum atomic E-state index is 0.177. The zero-order valence-corrected chi connectivity index (χ0v) is 6.50.